The van der Waals surface area contributed by atoms with Crippen LogP contribution in [-0.4, -0.2) is 37.6 Å². The highest BCUT2D eigenvalue weighted by molar-refractivity contribution is 5.03. The fraction of sp³-hybridized carbons (Fsp3) is 0.923. The van der Waals surface area contributed by atoms with Crippen LogP contribution in [0.3, 0.4) is 0 Å². The highest BCUT2D eigenvalue weighted by atomic mass is 15.1. The molecule has 0 saturated heterocycles. The monoisotopic (exact) mass is 225 g/mol. The number of rotatable bonds is 9. The Morgan fingerprint density at radius 1 is 1.25 bits per heavy atom. The highest BCUT2D eigenvalue weighted by Crippen LogP contribution is 2.14. The molecule has 1 atom stereocenters. The summed E-state index contributed by atoms with van der Waals surface area (Å²) in [4.78, 5) is 2.13. The Balaban J connectivity index is 3.78. The molecule has 0 aromatic carbocycles. The zero-order chi connectivity index (χ0) is 12.4. The van der Waals surface area contributed by atoms with Crippen molar-refractivity contribution < 1.29 is 0 Å². The van der Waals surface area contributed by atoms with Crippen LogP contribution in [0.2, 0.25) is 0 Å². The van der Waals surface area contributed by atoms with Gasteiger partial charge in [-0.2, -0.15) is 5.26 Å². The molecule has 0 bridgehead atoms. The van der Waals surface area contributed by atoms with E-state index in [9.17, 15) is 5.26 Å². The Morgan fingerprint density at radius 3 is 2.44 bits per heavy atom. The Labute approximate surface area is 101 Å². The summed E-state index contributed by atoms with van der Waals surface area (Å²) >= 11 is 0. The lowest BCUT2D eigenvalue weighted by Crippen LogP contribution is -2.43. The number of hydrogen-bond acceptors (Lipinski definition) is 3. The molecule has 3 heteroatoms. The topological polar surface area (TPSA) is 39.1 Å². The molecular weight excluding hydrogens is 198 g/mol. The maximum atomic E-state index is 9.18. The van der Waals surface area contributed by atoms with Crippen molar-refractivity contribution in [1.29, 1.82) is 5.26 Å². The second-order valence-electron chi connectivity index (χ2n) is 4.98. The van der Waals surface area contributed by atoms with Gasteiger partial charge < -0.3 is 4.90 Å². The average Bonchev–Trinajstić information content (AvgIpc) is 2.24. The maximum absolute atomic E-state index is 9.18. The molecule has 1 N–H and O–H groups in total. The van der Waals surface area contributed by atoms with Crippen LogP contribution in [0.5, 0.6) is 0 Å². The lowest BCUT2D eigenvalue weighted by molar-refractivity contribution is 0.347. The van der Waals surface area contributed by atoms with E-state index >= 15 is 0 Å². The van der Waals surface area contributed by atoms with E-state index in [2.05, 4.69) is 23.2 Å². The minimum atomic E-state index is -0.344. The number of nitrogens with one attached hydrogen (secondary N) is 1. The first kappa shape index (κ1) is 15.4. The van der Waals surface area contributed by atoms with Gasteiger partial charge in [-0.1, -0.05) is 32.6 Å². The van der Waals surface area contributed by atoms with Crippen molar-refractivity contribution in [2.75, 3.05) is 27.2 Å². The number of hydrogen-bond donors (Lipinski definition) is 1. The molecule has 0 aliphatic rings. The van der Waals surface area contributed by atoms with Crippen molar-refractivity contribution in [2.24, 2.45) is 0 Å². The number of nitrogens with zero attached hydrogens (tertiary/aromatic N) is 2. The predicted octanol–water partition coefficient (Wildman–Crippen LogP) is 2.39. The van der Waals surface area contributed by atoms with E-state index in [1.807, 2.05) is 21.0 Å². The second kappa shape index (κ2) is 8.55. The smallest absolute Gasteiger partial charge is 0.103 e. The van der Waals surface area contributed by atoms with Gasteiger partial charge in [0.25, 0.3) is 0 Å². The molecule has 1 unspecified atom stereocenters. The molecule has 0 aromatic heterocycles. The van der Waals surface area contributed by atoms with Crippen LogP contribution in [0.1, 0.15) is 46.0 Å². The largest absolute Gasteiger partial charge is 0.308 e. The molecule has 0 fully saturated rings. The van der Waals surface area contributed by atoms with Crippen LogP contribution in [0, 0.1) is 11.3 Å². The van der Waals surface area contributed by atoms with Crippen LogP contribution in [0.15, 0.2) is 0 Å². The van der Waals surface area contributed by atoms with Gasteiger partial charge >= 0.3 is 0 Å². The third kappa shape index (κ3) is 7.67. The lowest BCUT2D eigenvalue weighted by Gasteiger charge is -2.24. The minimum absolute atomic E-state index is 0.344. The summed E-state index contributed by atoms with van der Waals surface area (Å²) in [5, 5.41) is 12.5. The van der Waals surface area contributed by atoms with E-state index in [1.165, 1.54) is 19.3 Å². The van der Waals surface area contributed by atoms with E-state index in [1.54, 1.807) is 0 Å². The molecule has 0 aliphatic heterocycles. The van der Waals surface area contributed by atoms with Crippen molar-refractivity contribution in [3.63, 3.8) is 0 Å². The Hall–Kier alpha value is -0.590. The van der Waals surface area contributed by atoms with Gasteiger partial charge in [0, 0.05) is 13.1 Å². The second-order valence-corrected chi connectivity index (χ2v) is 4.98. The quantitative estimate of drug-likeness (QED) is 0.612. The fourth-order valence-corrected chi connectivity index (χ4v) is 1.64. The van der Waals surface area contributed by atoms with Crippen LogP contribution in [0.4, 0.5) is 0 Å². The van der Waals surface area contributed by atoms with Gasteiger partial charge in [-0.3, -0.25) is 5.32 Å². The average molecular weight is 225 g/mol. The van der Waals surface area contributed by atoms with Crippen LogP contribution >= 0.6 is 0 Å². The molecule has 0 saturated carbocycles. The molecule has 3 nitrogen and oxygen atoms in total. The van der Waals surface area contributed by atoms with E-state index in [-0.39, 0.29) is 5.54 Å². The van der Waals surface area contributed by atoms with Gasteiger partial charge in [-0.05, 0) is 27.4 Å². The number of likely N-dealkylation sites (N-methyl/N-ethyl adjacent to an activating group) is 1. The first-order valence-corrected chi connectivity index (χ1v) is 6.35. The fourth-order valence-electron chi connectivity index (χ4n) is 1.64. The molecule has 0 rings (SSSR count). The third-order valence-corrected chi connectivity index (χ3v) is 2.85. The van der Waals surface area contributed by atoms with Crippen molar-refractivity contribution in [3.8, 4) is 6.07 Å². The number of nitriles is 1. The zero-order valence-electron chi connectivity index (χ0n) is 11.3. The lowest BCUT2D eigenvalue weighted by atomic mass is 9.95. The van der Waals surface area contributed by atoms with Crippen molar-refractivity contribution in [1.82, 2.24) is 10.2 Å². The normalized spacial score (nSPS) is 14.8. The molecule has 0 heterocycles. The van der Waals surface area contributed by atoms with Gasteiger partial charge in [0.1, 0.15) is 5.54 Å². The van der Waals surface area contributed by atoms with E-state index in [0.29, 0.717) is 0 Å². The minimum Gasteiger partial charge on any atom is -0.308 e. The maximum Gasteiger partial charge on any atom is 0.103 e. The van der Waals surface area contributed by atoms with E-state index in [4.69, 9.17) is 0 Å². The van der Waals surface area contributed by atoms with Gasteiger partial charge in [0.2, 0.25) is 0 Å². The summed E-state index contributed by atoms with van der Waals surface area (Å²) in [5.41, 5.74) is -0.344. The molecule has 0 aliphatic carbocycles. The van der Waals surface area contributed by atoms with Crippen LogP contribution in [0.25, 0.3) is 0 Å². The molecule has 16 heavy (non-hydrogen) atoms. The Bertz CT molecular complexity index is 208. The molecule has 94 valence electrons. The SMILES string of the molecule is CCCCCCC(C)(C#N)NCCN(C)C. The standard InChI is InChI=1S/C13H27N3/c1-5-6-7-8-9-13(2,12-14)15-10-11-16(3)4/h15H,5-11H2,1-4H3. The van der Waals surface area contributed by atoms with Crippen LogP contribution < -0.4 is 5.32 Å². The van der Waals surface area contributed by atoms with Gasteiger partial charge in [-0.25, -0.2) is 0 Å². The van der Waals surface area contributed by atoms with Crippen LogP contribution in [-0.2, 0) is 0 Å². The van der Waals surface area contributed by atoms with E-state index in [0.717, 1.165) is 25.9 Å². The first-order chi connectivity index (χ1) is 7.54. The summed E-state index contributed by atoms with van der Waals surface area (Å²) in [6, 6.07) is 2.40. The first-order valence-electron chi connectivity index (χ1n) is 6.35. The molecule has 0 radical (unpaired) electrons. The highest BCUT2D eigenvalue weighted by Gasteiger charge is 2.21. The Kier molecular flexibility index (Phi) is 8.23. The van der Waals surface area contributed by atoms with Crippen molar-refractivity contribution in [2.45, 2.75) is 51.5 Å². The molecule has 0 amide bonds. The van der Waals surface area contributed by atoms with E-state index < -0.39 is 0 Å². The zero-order valence-corrected chi connectivity index (χ0v) is 11.3. The summed E-state index contributed by atoms with van der Waals surface area (Å²) < 4.78 is 0. The van der Waals surface area contributed by atoms with Gasteiger partial charge in [0.15, 0.2) is 0 Å². The summed E-state index contributed by atoms with van der Waals surface area (Å²) in [5.74, 6) is 0. The van der Waals surface area contributed by atoms with Gasteiger partial charge in [0.05, 0.1) is 6.07 Å². The summed E-state index contributed by atoms with van der Waals surface area (Å²) in [6.07, 6.45) is 5.86. The summed E-state index contributed by atoms with van der Waals surface area (Å²) in [7, 11) is 4.10. The summed E-state index contributed by atoms with van der Waals surface area (Å²) in [6.45, 7) is 6.07. The predicted molar refractivity (Wildman–Crippen MR) is 69.3 cm³/mol. The number of unbranched alkanes of at least 4 members (excludes halogenated alkanes) is 3. The van der Waals surface area contributed by atoms with Crippen molar-refractivity contribution >= 4 is 0 Å². The third-order valence-electron chi connectivity index (χ3n) is 2.85. The Morgan fingerprint density at radius 2 is 1.94 bits per heavy atom. The van der Waals surface area contributed by atoms with Crippen molar-refractivity contribution in [3.05, 3.63) is 0 Å². The molecule has 0 aromatic rings. The molecule has 0 spiro atoms. The molecular formula is C13H27N3. The van der Waals surface area contributed by atoms with Gasteiger partial charge in [-0.15, -0.1) is 0 Å².